The molecular formula is C21H19N3O5. The van der Waals surface area contributed by atoms with Gasteiger partial charge in [0.05, 0.1) is 5.69 Å². The zero-order valence-corrected chi connectivity index (χ0v) is 15.9. The van der Waals surface area contributed by atoms with Crippen LogP contribution in [0.15, 0.2) is 48.5 Å². The Morgan fingerprint density at radius 2 is 1.86 bits per heavy atom. The van der Waals surface area contributed by atoms with Crippen molar-refractivity contribution >= 4 is 29.3 Å². The van der Waals surface area contributed by atoms with Crippen molar-refractivity contribution in [3.05, 3.63) is 59.7 Å². The number of ketones is 1. The van der Waals surface area contributed by atoms with E-state index in [-0.39, 0.29) is 18.1 Å². The van der Waals surface area contributed by atoms with Gasteiger partial charge < -0.3 is 15.0 Å². The fourth-order valence-electron chi connectivity index (χ4n) is 3.52. The third-order valence-corrected chi connectivity index (χ3v) is 5.20. The highest BCUT2D eigenvalue weighted by molar-refractivity contribution is 6.11. The number of carbonyl (C=O) groups is 4. The van der Waals surface area contributed by atoms with Crippen LogP contribution in [0.3, 0.4) is 0 Å². The number of amides is 4. The average Bonchev–Trinajstić information content (AvgIpc) is 3.04. The van der Waals surface area contributed by atoms with E-state index in [1.807, 2.05) is 6.07 Å². The Balaban J connectivity index is 1.59. The number of imide groups is 1. The normalized spacial score (nSPS) is 19.5. The average molecular weight is 393 g/mol. The summed E-state index contributed by atoms with van der Waals surface area (Å²) in [6, 6.07) is 11.1. The zero-order chi connectivity index (χ0) is 20.7. The van der Waals surface area contributed by atoms with Crippen molar-refractivity contribution in [1.82, 2.24) is 10.2 Å². The van der Waals surface area contributed by atoms with Crippen LogP contribution in [-0.2, 0) is 9.59 Å². The Kier molecular flexibility index (Phi) is 4.54. The molecule has 0 spiro atoms. The van der Waals surface area contributed by atoms with Gasteiger partial charge in [0.25, 0.3) is 11.8 Å². The first kappa shape index (κ1) is 18.7. The number of urea groups is 1. The molecule has 2 aromatic rings. The second kappa shape index (κ2) is 7.05. The Morgan fingerprint density at radius 1 is 1.14 bits per heavy atom. The number of anilines is 1. The van der Waals surface area contributed by atoms with E-state index >= 15 is 0 Å². The number of Topliss-reactive ketones (excluding diaryl/α,β-unsaturated/α-hetero) is 1. The van der Waals surface area contributed by atoms with Gasteiger partial charge in [0.2, 0.25) is 0 Å². The number of hydrogen-bond acceptors (Lipinski definition) is 5. The lowest BCUT2D eigenvalue weighted by Crippen LogP contribution is -2.43. The minimum atomic E-state index is -1.00. The van der Waals surface area contributed by atoms with Crippen LogP contribution in [0.1, 0.15) is 28.9 Å². The minimum Gasteiger partial charge on any atom is -0.482 e. The molecule has 2 heterocycles. The summed E-state index contributed by atoms with van der Waals surface area (Å²) in [6.45, 7) is 1.45. The number of nitrogens with zero attached hydrogens (tertiary/aromatic N) is 2. The van der Waals surface area contributed by atoms with Crippen LogP contribution in [0.25, 0.3) is 0 Å². The van der Waals surface area contributed by atoms with Crippen LogP contribution in [0.2, 0.25) is 0 Å². The van der Waals surface area contributed by atoms with E-state index in [0.29, 0.717) is 17.0 Å². The maximum absolute atomic E-state index is 13.0. The number of hydrogen-bond donors (Lipinski definition) is 1. The number of benzene rings is 2. The highest BCUT2D eigenvalue weighted by Crippen LogP contribution is 2.33. The molecule has 4 rings (SSSR count). The van der Waals surface area contributed by atoms with E-state index in [9.17, 15) is 19.2 Å². The van der Waals surface area contributed by atoms with E-state index in [1.54, 1.807) is 49.5 Å². The number of likely N-dealkylation sites (N-methyl/N-ethyl adjacent to an activating group) is 1. The fraction of sp³-hybridized carbons (Fsp3) is 0.238. The van der Waals surface area contributed by atoms with Crippen LogP contribution >= 0.6 is 0 Å². The van der Waals surface area contributed by atoms with Gasteiger partial charge in [-0.15, -0.1) is 0 Å². The molecule has 2 atom stereocenters. The van der Waals surface area contributed by atoms with E-state index in [4.69, 9.17) is 4.74 Å². The molecule has 0 saturated carbocycles. The Morgan fingerprint density at radius 3 is 2.59 bits per heavy atom. The van der Waals surface area contributed by atoms with Gasteiger partial charge in [0.15, 0.2) is 12.4 Å². The van der Waals surface area contributed by atoms with Crippen LogP contribution in [-0.4, -0.2) is 48.2 Å². The molecule has 8 nitrogen and oxygen atoms in total. The van der Waals surface area contributed by atoms with Gasteiger partial charge in [-0.25, -0.2) is 4.79 Å². The molecule has 2 aliphatic heterocycles. The van der Waals surface area contributed by atoms with E-state index in [1.165, 1.54) is 11.8 Å². The molecule has 2 unspecified atom stereocenters. The van der Waals surface area contributed by atoms with Crippen molar-refractivity contribution in [2.45, 2.75) is 19.0 Å². The lowest BCUT2D eigenvalue weighted by Gasteiger charge is -2.27. The first-order chi connectivity index (χ1) is 13.9. The lowest BCUT2D eigenvalue weighted by molar-refractivity contribution is -0.128. The molecule has 0 bridgehead atoms. The fourth-order valence-corrected chi connectivity index (χ4v) is 3.52. The van der Waals surface area contributed by atoms with Crippen molar-refractivity contribution in [1.29, 1.82) is 0 Å². The first-order valence-electron chi connectivity index (χ1n) is 9.14. The minimum absolute atomic E-state index is 0.0590. The summed E-state index contributed by atoms with van der Waals surface area (Å²) in [6.07, 6.45) is 0. The zero-order valence-electron chi connectivity index (χ0n) is 15.9. The van der Waals surface area contributed by atoms with Crippen molar-refractivity contribution < 1.29 is 23.9 Å². The smallest absolute Gasteiger partial charge is 0.325 e. The van der Waals surface area contributed by atoms with Crippen molar-refractivity contribution in [2.24, 2.45) is 0 Å². The standard InChI is InChI=1S/C21H19N3O5/c1-12(24-20(27)18(22-21(24)28)13-6-4-3-5-7-13)19(26)14-8-9-16-15(10-14)23(2)17(25)11-29-16/h3-10,12,18H,11H2,1-2H3,(H,22,28). The van der Waals surface area contributed by atoms with Crippen molar-refractivity contribution in [3.63, 3.8) is 0 Å². The summed E-state index contributed by atoms with van der Waals surface area (Å²) in [5.41, 5.74) is 1.41. The maximum atomic E-state index is 13.0. The molecule has 4 amide bonds. The van der Waals surface area contributed by atoms with Crippen LogP contribution in [0.4, 0.5) is 10.5 Å². The molecule has 2 aromatic carbocycles. The van der Waals surface area contributed by atoms with E-state index in [2.05, 4.69) is 5.32 Å². The van der Waals surface area contributed by atoms with Gasteiger partial charge in [0.1, 0.15) is 17.8 Å². The van der Waals surface area contributed by atoms with Gasteiger partial charge in [-0.1, -0.05) is 30.3 Å². The number of carbonyl (C=O) groups excluding carboxylic acids is 4. The molecular weight excluding hydrogens is 374 g/mol. The third-order valence-electron chi connectivity index (χ3n) is 5.20. The number of ether oxygens (including phenoxy) is 1. The summed E-state index contributed by atoms with van der Waals surface area (Å²) in [4.78, 5) is 52.5. The highest BCUT2D eigenvalue weighted by Gasteiger charge is 2.43. The Bertz CT molecular complexity index is 1020. The molecule has 0 aromatic heterocycles. The van der Waals surface area contributed by atoms with Gasteiger partial charge in [-0.2, -0.15) is 0 Å². The van der Waals surface area contributed by atoms with Crippen molar-refractivity contribution in [3.8, 4) is 5.75 Å². The van der Waals surface area contributed by atoms with Gasteiger partial charge in [0, 0.05) is 12.6 Å². The molecule has 0 radical (unpaired) electrons. The summed E-state index contributed by atoms with van der Waals surface area (Å²) >= 11 is 0. The number of rotatable bonds is 4. The first-order valence-corrected chi connectivity index (χ1v) is 9.14. The van der Waals surface area contributed by atoms with E-state index < -0.39 is 29.8 Å². The number of fused-ring (bicyclic) bond motifs is 1. The summed E-state index contributed by atoms with van der Waals surface area (Å²) < 4.78 is 5.37. The SMILES string of the molecule is CC(C(=O)c1ccc2c(c1)N(C)C(=O)CO2)N1C(=O)NC(c2ccccc2)C1=O. The largest absolute Gasteiger partial charge is 0.482 e. The summed E-state index contributed by atoms with van der Waals surface area (Å²) in [7, 11) is 1.60. The molecule has 2 aliphatic rings. The molecule has 8 heteroatoms. The lowest BCUT2D eigenvalue weighted by atomic mass is 10.0. The molecule has 148 valence electrons. The second-order valence-electron chi connectivity index (χ2n) is 6.97. The highest BCUT2D eigenvalue weighted by atomic mass is 16.5. The van der Waals surface area contributed by atoms with Gasteiger partial charge in [-0.3, -0.25) is 19.3 Å². The molecule has 1 fully saturated rings. The van der Waals surface area contributed by atoms with Crippen LogP contribution < -0.4 is 15.0 Å². The quantitative estimate of drug-likeness (QED) is 0.632. The predicted octanol–water partition coefficient (Wildman–Crippen LogP) is 1.91. The van der Waals surface area contributed by atoms with Gasteiger partial charge in [-0.05, 0) is 30.7 Å². The molecule has 29 heavy (non-hydrogen) atoms. The molecule has 1 saturated heterocycles. The summed E-state index contributed by atoms with van der Waals surface area (Å²) in [5.74, 6) is -0.613. The Hall–Kier alpha value is -3.68. The van der Waals surface area contributed by atoms with Crippen LogP contribution in [0.5, 0.6) is 5.75 Å². The van der Waals surface area contributed by atoms with Crippen LogP contribution in [0, 0.1) is 0 Å². The van der Waals surface area contributed by atoms with E-state index in [0.717, 1.165) is 4.90 Å². The second-order valence-corrected chi connectivity index (χ2v) is 6.97. The third kappa shape index (κ3) is 3.12. The van der Waals surface area contributed by atoms with Crippen molar-refractivity contribution in [2.75, 3.05) is 18.6 Å². The molecule has 0 aliphatic carbocycles. The maximum Gasteiger partial charge on any atom is 0.325 e. The number of nitrogens with one attached hydrogen (secondary N) is 1. The Labute approximate surface area is 167 Å². The predicted molar refractivity (Wildman–Crippen MR) is 104 cm³/mol. The monoisotopic (exact) mass is 393 g/mol. The summed E-state index contributed by atoms with van der Waals surface area (Å²) in [5, 5.41) is 2.63. The molecule has 1 N–H and O–H groups in total. The topological polar surface area (TPSA) is 96.0 Å². The van der Waals surface area contributed by atoms with Gasteiger partial charge >= 0.3 is 6.03 Å².